The van der Waals surface area contributed by atoms with Gasteiger partial charge in [0, 0.05) is 36.7 Å². The van der Waals surface area contributed by atoms with E-state index in [-0.39, 0.29) is 23.7 Å². The number of oxazole rings is 1. The zero-order valence-electron chi connectivity index (χ0n) is 21.1. The van der Waals surface area contributed by atoms with Crippen LogP contribution in [0, 0.1) is 11.8 Å². The maximum Gasteiger partial charge on any atom is 0.253 e. The number of aromatic nitrogens is 1. The maximum absolute atomic E-state index is 13.2. The summed E-state index contributed by atoms with van der Waals surface area (Å²) < 4.78 is 11.1. The standard InChI is InChI=1S/C30H31N3O4/c1-20(28(34)31-19-21-8-11-25(36-2)12-9-21)22-14-16-33(17-15-22)30(35)24-10-13-26-27(18-24)37-29(32-26)23-6-4-3-5-7-23/h3-13,18,20,22H,14-17,19H2,1-2H3,(H,31,34)/t20-/m1/s1. The van der Waals surface area contributed by atoms with Crippen LogP contribution < -0.4 is 10.1 Å². The fourth-order valence-electron chi connectivity index (χ4n) is 4.85. The predicted molar refractivity (Wildman–Crippen MR) is 142 cm³/mol. The molecule has 1 atom stereocenters. The molecule has 37 heavy (non-hydrogen) atoms. The Morgan fingerprint density at radius 3 is 2.49 bits per heavy atom. The number of fused-ring (bicyclic) bond motifs is 1. The minimum Gasteiger partial charge on any atom is -0.497 e. The molecule has 0 unspecified atom stereocenters. The number of carbonyl (C=O) groups is 2. The van der Waals surface area contributed by atoms with Crippen molar-refractivity contribution in [2.75, 3.05) is 20.2 Å². The third kappa shape index (κ3) is 5.50. The fourth-order valence-corrected chi connectivity index (χ4v) is 4.85. The molecule has 1 fully saturated rings. The normalized spacial score (nSPS) is 14.9. The Kier molecular flexibility index (Phi) is 7.21. The van der Waals surface area contributed by atoms with Gasteiger partial charge in [-0.1, -0.05) is 37.3 Å². The highest BCUT2D eigenvalue weighted by atomic mass is 16.5. The molecule has 1 N–H and O–H groups in total. The Balaban J connectivity index is 1.16. The number of nitrogens with zero attached hydrogens (tertiary/aromatic N) is 2. The van der Waals surface area contributed by atoms with Crippen LogP contribution in [0.15, 0.2) is 77.2 Å². The van der Waals surface area contributed by atoms with Crippen LogP contribution in [-0.4, -0.2) is 41.9 Å². The van der Waals surface area contributed by atoms with Crippen molar-refractivity contribution in [2.45, 2.75) is 26.3 Å². The number of benzene rings is 3. The van der Waals surface area contributed by atoms with E-state index in [0.29, 0.717) is 36.7 Å². The molecule has 3 aromatic carbocycles. The van der Waals surface area contributed by atoms with E-state index in [1.807, 2.05) is 78.6 Å². The van der Waals surface area contributed by atoms with E-state index in [1.54, 1.807) is 13.2 Å². The number of nitrogens with one attached hydrogen (secondary N) is 1. The molecular formula is C30H31N3O4. The summed E-state index contributed by atoms with van der Waals surface area (Å²) >= 11 is 0. The van der Waals surface area contributed by atoms with Crippen LogP contribution in [0.25, 0.3) is 22.6 Å². The van der Waals surface area contributed by atoms with Gasteiger partial charge in [0.1, 0.15) is 11.3 Å². The van der Waals surface area contributed by atoms with Crippen molar-refractivity contribution in [1.82, 2.24) is 15.2 Å². The highest BCUT2D eigenvalue weighted by Gasteiger charge is 2.30. The van der Waals surface area contributed by atoms with E-state index in [0.717, 1.165) is 35.2 Å². The number of piperidine rings is 1. The van der Waals surface area contributed by atoms with Gasteiger partial charge in [0.25, 0.3) is 5.91 Å². The van der Waals surface area contributed by atoms with Gasteiger partial charge in [-0.15, -0.1) is 0 Å². The second-order valence-corrected chi connectivity index (χ2v) is 9.55. The first kappa shape index (κ1) is 24.6. The third-order valence-electron chi connectivity index (χ3n) is 7.23. The number of carbonyl (C=O) groups excluding carboxylic acids is 2. The molecule has 4 aromatic rings. The zero-order chi connectivity index (χ0) is 25.8. The first-order valence-electron chi connectivity index (χ1n) is 12.7. The second kappa shape index (κ2) is 10.9. The molecule has 190 valence electrons. The van der Waals surface area contributed by atoms with Gasteiger partial charge < -0.3 is 19.4 Å². The Morgan fingerprint density at radius 2 is 1.78 bits per heavy atom. The van der Waals surface area contributed by atoms with E-state index in [1.165, 1.54) is 0 Å². The molecule has 0 saturated carbocycles. The zero-order valence-corrected chi connectivity index (χ0v) is 21.1. The number of amides is 2. The average Bonchev–Trinajstić information content (AvgIpc) is 3.39. The fraction of sp³-hybridized carbons (Fsp3) is 0.300. The summed E-state index contributed by atoms with van der Waals surface area (Å²) in [4.78, 5) is 32.4. The van der Waals surface area contributed by atoms with Crippen molar-refractivity contribution < 1.29 is 18.7 Å². The monoisotopic (exact) mass is 497 g/mol. The molecule has 7 nitrogen and oxygen atoms in total. The summed E-state index contributed by atoms with van der Waals surface area (Å²) in [6.45, 7) is 3.72. The van der Waals surface area contributed by atoms with Crippen LogP contribution in [0.4, 0.5) is 0 Å². The number of ether oxygens (including phenoxy) is 1. The molecular weight excluding hydrogens is 466 g/mol. The van der Waals surface area contributed by atoms with Gasteiger partial charge in [-0.25, -0.2) is 4.98 Å². The molecule has 1 aliphatic rings. The van der Waals surface area contributed by atoms with Crippen molar-refractivity contribution in [3.05, 3.63) is 83.9 Å². The largest absolute Gasteiger partial charge is 0.497 e. The summed E-state index contributed by atoms with van der Waals surface area (Å²) in [5.41, 5.74) is 3.84. The van der Waals surface area contributed by atoms with E-state index in [2.05, 4.69) is 10.3 Å². The SMILES string of the molecule is COc1ccc(CNC(=O)[C@H](C)C2CCN(C(=O)c3ccc4nc(-c5ccccc5)oc4c3)CC2)cc1. The predicted octanol–water partition coefficient (Wildman–Crippen LogP) is 5.31. The van der Waals surface area contributed by atoms with Crippen molar-refractivity contribution in [1.29, 1.82) is 0 Å². The molecule has 0 spiro atoms. The van der Waals surface area contributed by atoms with Gasteiger partial charge in [-0.05, 0) is 66.8 Å². The first-order valence-corrected chi connectivity index (χ1v) is 12.7. The summed E-state index contributed by atoms with van der Waals surface area (Å²) in [6.07, 6.45) is 1.59. The lowest BCUT2D eigenvalue weighted by Gasteiger charge is -2.34. The van der Waals surface area contributed by atoms with Gasteiger partial charge >= 0.3 is 0 Å². The van der Waals surface area contributed by atoms with Crippen LogP contribution in [0.1, 0.15) is 35.7 Å². The van der Waals surface area contributed by atoms with Crippen molar-refractivity contribution in [3.8, 4) is 17.2 Å². The maximum atomic E-state index is 13.2. The van der Waals surface area contributed by atoms with E-state index in [4.69, 9.17) is 9.15 Å². The molecule has 5 rings (SSSR count). The minimum absolute atomic E-state index is 0.0189. The van der Waals surface area contributed by atoms with Gasteiger partial charge in [0.15, 0.2) is 5.58 Å². The van der Waals surface area contributed by atoms with Crippen LogP contribution in [-0.2, 0) is 11.3 Å². The lowest BCUT2D eigenvalue weighted by Crippen LogP contribution is -2.42. The minimum atomic E-state index is -0.113. The number of methoxy groups -OCH3 is 1. The Labute approximate surface area is 216 Å². The molecule has 0 aliphatic carbocycles. The van der Waals surface area contributed by atoms with E-state index < -0.39 is 0 Å². The quantitative estimate of drug-likeness (QED) is 0.374. The summed E-state index contributed by atoms with van der Waals surface area (Å²) in [7, 11) is 1.63. The molecule has 2 amide bonds. The number of hydrogen-bond acceptors (Lipinski definition) is 5. The Hall–Kier alpha value is -4.13. The van der Waals surface area contributed by atoms with Crippen molar-refractivity contribution in [3.63, 3.8) is 0 Å². The molecule has 1 saturated heterocycles. The van der Waals surface area contributed by atoms with Gasteiger partial charge in [0.2, 0.25) is 11.8 Å². The van der Waals surface area contributed by atoms with E-state index >= 15 is 0 Å². The summed E-state index contributed by atoms with van der Waals surface area (Å²) in [5.74, 6) is 1.49. The highest BCUT2D eigenvalue weighted by Crippen LogP contribution is 2.28. The third-order valence-corrected chi connectivity index (χ3v) is 7.23. The van der Waals surface area contributed by atoms with E-state index in [9.17, 15) is 9.59 Å². The first-order chi connectivity index (χ1) is 18.0. The van der Waals surface area contributed by atoms with Gasteiger partial charge in [0.05, 0.1) is 7.11 Å². The van der Waals surface area contributed by atoms with Crippen LogP contribution in [0.3, 0.4) is 0 Å². The summed E-state index contributed by atoms with van der Waals surface area (Å²) in [6, 6.07) is 22.8. The number of likely N-dealkylation sites (tertiary alicyclic amines) is 1. The average molecular weight is 498 g/mol. The molecule has 0 radical (unpaired) electrons. The Morgan fingerprint density at radius 1 is 1.05 bits per heavy atom. The topological polar surface area (TPSA) is 84.7 Å². The second-order valence-electron chi connectivity index (χ2n) is 9.55. The molecule has 0 bridgehead atoms. The number of rotatable bonds is 7. The molecule has 7 heteroatoms. The molecule has 1 aromatic heterocycles. The highest BCUT2D eigenvalue weighted by molar-refractivity contribution is 5.97. The lowest BCUT2D eigenvalue weighted by atomic mass is 9.84. The summed E-state index contributed by atoms with van der Waals surface area (Å²) in [5, 5.41) is 3.05. The van der Waals surface area contributed by atoms with Crippen molar-refractivity contribution in [2.24, 2.45) is 11.8 Å². The molecule has 1 aliphatic heterocycles. The van der Waals surface area contributed by atoms with Gasteiger partial charge in [-0.3, -0.25) is 9.59 Å². The van der Waals surface area contributed by atoms with Gasteiger partial charge in [-0.2, -0.15) is 0 Å². The molecule has 2 heterocycles. The number of hydrogen-bond donors (Lipinski definition) is 1. The van der Waals surface area contributed by atoms with Crippen LogP contribution in [0.5, 0.6) is 5.75 Å². The van der Waals surface area contributed by atoms with Crippen LogP contribution >= 0.6 is 0 Å². The lowest BCUT2D eigenvalue weighted by molar-refractivity contribution is -0.126. The smallest absolute Gasteiger partial charge is 0.253 e. The van der Waals surface area contributed by atoms with Crippen LogP contribution in [0.2, 0.25) is 0 Å². The Bertz CT molecular complexity index is 1370. The van der Waals surface area contributed by atoms with Crippen molar-refractivity contribution >= 4 is 22.9 Å².